The standard InChI is InChI=1S/C11H10ClN3O/c1-2-15-10(9(12)7-14-15)11(16)8-4-3-5-13-6-8/h3-7H,2H2,1H3. The number of halogens is 1. The van der Waals surface area contributed by atoms with Crippen molar-refractivity contribution in [2.24, 2.45) is 0 Å². The highest BCUT2D eigenvalue weighted by molar-refractivity contribution is 6.34. The van der Waals surface area contributed by atoms with Crippen LogP contribution < -0.4 is 0 Å². The van der Waals surface area contributed by atoms with Gasteiger partial charge in [-0.2, -0.15) is 5.10 Å². The molecule has 0 saturated carbocycles. The molecule has 2 heterocycles. The van der Waals surface area contributed by atoms with Gasteiger partial charge in [-0.25, -0.2) is 0 Å². The molecule has 0 unspecified atom stereocenters. The minimum atomic E-state index is -0.155. The van der Waals surface area contributed by atoms with Gasteiger partial charge < -0.3 is 0 Å². The highest BCUT2D eigenvalue weighted by atomic mass is 35.5. The maximum absolute atomic E-state index is 12.1. The molecule has 0 aromatic carbocycles. The second kappa shape index (κ2) is 4.45. The fraction of sp³-hybridized carbons (Fsp3) is 0.182. The Morgan fingerprint density at radius 1 is 1.50 bits per heavy atom. The molecular formula is C11H10ClN3O. The maximum Gasteiger partial charge on any atom is 0.214 e. The van der Waals surface area contributed by atoms with Crippen molar-refractivity contribution in [1.82, 2.24) is 14.8 Å². The van der Waals surface area contributed by atoms with E-state index in [9.17, 15) is 4.79 Å². The zero-order valence-corrected chi connectivity index (χ0v) is 9.48. The quantitative estimate of drug-likeness (QED) is 0.767. The lowest BCUT2D eigenvalue weighted by Gasteiger charge is -2.03. The van der Waals surface area contributed by atoms with Gasteiger partial charge in [-0.05, 0) is 19.1 Å². The molecule has 16 heavy (non-hydrogen) atoms. The van der Waals surface area contributed by atoms with Gasteiger partial charge in [0, 0.05) is 24.5 Å². The van der Waals surface area contributed by atoms with Crippen LogP contribution in [0.25, 0.3) is 0 Å². The number of hydrogen-bond acceptors (Lipinski definition) is 3. The number of carbonyl (C=O) groups is 1. The summed E-state index contributed by atoms with van der Waals surface area (Å²) in [5.41, 5.74) is 0.928. The van der Waals surface area contributed by atoms with Crippen LogP contribution in [0.2, 0.25) is 5.02 Å². The molecule has 0 spiro atoms. The van der Waals surface area contributed by atoms with Gasteiger partial charge in [0.1, 0.15) is 5.69 Å². The van der Waals surface area contributed by atoms with Gasteiger partial charge in [-0.1, -0.05) is 11.6 Å². The first kappa shape index (κ1) is 10.8. The van der Waals surface area contributed by atoms with Gasteiger partial charge in [0.15, 0.2) is 0 Å². The van der Waals surface area contributed by atoms with E-state index in [1.54, 1.807) is 23.0 Å². The van der Waals surface area contributed by atoms with Crippen LogP contribution in [0.1, 0.15) is 23.0 Å². The molecule has 0 saturated heterocycles. The minimum Gasteiger partial charge on any atom is -0.287 e. The molecule has 2 aromatic rings. The zero-order valence-electron chi connectivity index (χ0n) is 8.72. The lowest BCUT2D eigenvalue weighted by atomic mass is 10.1. The molecule has 5 heteroatoms. The highest BCUT2D eigenvalue weighted by Gasteiger charge is 2.18. The van der Waals surface area contributed by atoms with Gasteiger partial charge in [0.25, 0.3) is 0 Å². The first-order valence-electron chi connectivity index (χ1n) is 4.90. The minimum absolute atomic E-state index is 0.155. The van der Waals surface area contributed by atoms with E-state index in [4.69, 9.17) is 11.6 Å². The summed E-state index contributed by atoms with van der Waals surface area (Å²) in [5.74, 6) is -0.155. The van der Waals surface area contributed by atoms with Crippen LogP contribution in [-0.4, -0.2) is 20.5 Å². The summed E-state index contributed by atoms with van der Waals surface area (Å²) in [7, 11) is 0. The molecule has 82 valence electrons. The molecule has 0 aliphatic carbocycles. The Labute approximate surface area is 97.9 Å². The predicted octanol–water partition coefficient (Wildman–Crippen LogP) is 2.18. The predicted molar refractivity (Wildman–Crippen MR) is 60.6 cm³/mol. The fourth-order valence-electron chi connectivity index (χ4n) is 1.46. The van der Waals surface area contributed by atoms with Crippen molar-refractivity contribution >= 4 is 17.4 Å². The van der Waals surface area contributed by atoms with Gasteiger partial charge in [0.2, 0.25) is 5.78 Å². The largest absolute Gasteiger partial charge is 0.287 e. The fourth-order valence-corrected chi connectivity index (χ4v) is 1.69. The normalized spacial score (nSPS) is 10.4. The molecule has 4 nitrogen and oxygen atoms in total. The topological polar surface area (TPSA) is 47.8 Å². The smallest absolute Gasteiger partial charge is 0.214 e. The maximum atomic E-state index is 12.1. The average molecular weight is 236 g/mol. The van der Waals surface area contributed by atoms with Gasteiger partial charge in [-0.3, -0.25) is 14.5 Å². The zero-order chi connectivity index (χ0) is 11.5. The number of nitrogens with zero attached hydrogens (tertiary/aromatic N) is 3. The van der Waals surface area contributed by atoms with Crippen molar-refractivity contribution in [2.75, 3.05) is 0 Å². The third-order valence-electron chi connectivity index (χ3n) is 2.23. The third kappa shape index (κ3) is 1.84. The molecular weight excluding hydrogens is 226 g/mol. The molecule has 0 aliphatic rings. The second-order valence-corrected chi connectivity index (χ2v) is 3.63. The van der Waals surface area contributed by atoms with Crippen molar-refractivity contribution in [3.8, 4) is 0 Å². The monoisotopic (exact) mass is 235 g/mol. The molecule has 2 aromatic heterocycles. The van der Waals surface area contributed by atoms with E-state index in [-0.39, 0.29) is 5.78 Å². The molecule has 2 rings (SSSR count). The van der Waals surface area contributed by atoms with Crippen molar-refractivity contribution < 1.29 is 4.79 Å². The molecule has 0 N–H and O–H groups in total. The third-order valence-corrected chi connectivity index (χ3v) is 2.51. The molecule has 0 bridgehead atoms. The van der Waals surface area contributed by atoms with Crippen molar-refractivity contribution in [3.63, 3.8) is 0 Å². The summed E-state index contributed by atoms with van der Waals surface area (Å²) >= 11 is 5.94. The van der Waals surface area contributed by atoms with Crippen LogP contribution in [0.3, 0.4) is 0 Å². The Kier molecular flexibility index (Phi) is 3.01. The SMILES string of the molecule is CCn1ncc(Cl)c1C(=O)c1cccnc1. The van der Waals surface area contributed by atoms with E-state index in [1.807, 2.05) is 6.92 Å². The van der Waals surface area contributed by atoms with E-state index in [0.29, 0.717) is 22.8 Å². The lowest BCUT2D eigenvalue weighted by molar-refractivity contribution is 0.102. The molecule has 0 atom stereocenters. The van der Waals surface area contributed by atoms with E-state index in [0.717, 1.165) is 0 Å². The molecule has 0 aliphatic heterocycles. The number of hydrogen-bond donors (Lipinski definition) is 0. The average Bonchev–Trinajstić information content (AvgIpc) is 2.70. The molecule has 0 radical (unpaired) electrons. The number of carbonyl (C=O) groups excluding carboxylic acids is 1. The number of ketones is 1. The summed E-state index contributed by atoms with van der Waals surface area (Å²) in [5, 5.41) is 4.40. The molecule has 0 fully saturated rings. The van der Waals surface area contributed by atoms with Gasteiger partial charge in [-0.15, -0.1) is 0 Å². The van der Waals surface area contributed by atoms with Crippen molar-refractivity contribution in [2.45, 2.75) is 13.5 Å². The Morgan fingerprint density at radius 2 is 2.31 bits per heavy atom. The summed E-state index contributed by atoms with van der Waals surface area (Å²) in [4.78, 5) is 16.0. The summed E-state index contributed by atoms with van der Waals surface area (Å²) in [6, 6.07) is 3.42. The number of pyridine rings is 1. The summed E-state index contributed by atoms with van der Waals surface area (Å²) < 4.78 is 1.58. The van der Waals surface area contributed by atoms with Gasteiger partial charge >= 0.3 is 0 Å². The summed E-state index contributed by atoms with van der Waals surface area (Å²) in [6.07, 6.45) is 4.62. The number of aryl methyl sites for hydroxylation is 1. The number of aromatic nitrogens is 3. The van der Waals surface area contributed by atoms with Crippen molar-refractivity contribution in [1.29, 1.82) is 0 Å². The van der Waals surface area contributed by atoms with E-state index in [1.165, 1.54) is 12.4 Å². The Morgan fingerprint density at radius 3 is 2.94 bits per heavy atom. The van der Waals surface area contributed by atoms with Crippen LogP contribution in [-0.2, 0) is 6.54 Å². The Balaban J connectivity index is 2.45. The lowest BCUT2D eigenvalue weighted by Crippen LogP contribution is -2.11. The van der Waals surface area contributed by atoms with E-state index < -0.39 is 0 Å². The van der Waals surface area contributed by atoms with Crippen LogP contribution >= 0.6 is 11.6 Å². The number of rotatable bonds is 3. The van der Waals surface area contributed by atoms with Crippen molar-refractivity contribution in [3.05, 3.63) is 47.0 Å². The van der Waals surface area contributed by atoms with Crippen LogP contribution in [0.5, 0.6) is 0 Å². The molecule has 0 amide bonds. The van der Waals surface area contributed by atoms with Crippen LogP contribution in [0.4, 0.5) is 0 Å². The highest BCUT2D eigenvalue weighted by Crippen LogP contribution is 2.18. The van der Waals surface area contributed by atoms with Gasteiger partial charge in [0.05, 0.1) is 11.2 Å². The van der Waals surface area contributed by atoms with E-state index in [2.05, 4.69) is 10.1 Å². The second-order valence-electron chi connectivity index (χ2n) is 3.23. The Hall–Kier alpha value is -1.68. The first-order valence-corrected chi connectivity index (χ1v) is 5.28. The van der Waals surface area contributed by atoms with Crippen LogP contribution in [0, 0.1) is 0 Å². The van der Waals surface area contributed by atoms with Crippen LogP contribution in [0.15, 0.2) is 30.7 Å². The Bertz CT molecular complexity index is 507. The van der Waals surface area contributed by atoms with E-state index >= 15 is 0 Å². The first-order chi connectivity index (χ1) is 7.74. The summed E-state index contributed by atoms with van der Waals surface area (Å²) in [6.45, 7) is 2.51.